The molecule has 0 radical (unpaired) electrons. The van der Waals surface area contributed by atoms with E-state index < -0.39 is 6.09 Å². The third kappa shape index (κ3) is 5.38. The highest BCUT2D eigenvalue weighted by Gasteiger charge is 2.23. The van der Waals surface area contributed by atoms with E-state index in [1.807, 2.05) is 42.6 Å². The number of rotatable bonds is 7. The summed E-state index contributed by atoms with van der Waals surface area (Å²) in [5, 5.41) is 11.4. The Morgan fingerprint density at radius 3 is 2.14 bits per heavy atom. The lowest BCUT2D eigenvalue weighted by atomic mass is 10.2. The van der Waals surface area contributed by atoms with Crippen LogP contribution in [0.1, 0.15) is 12.8 Å². The summed E-state index contributed by atoms with van der Waals surface area (Å²) < 4.78 is 0. The van der Waals surface area contributed by atoms with Crippen molar-refractivity contribution in [3.63, 3.8) is 0 Å². The summed E-state index contributed by atoms with van der Waals surface area (Å²) >= 11 is 1.50. The molecule has 3 heterocycles. The summed E-state index contributed by atoms with van der Waals surface area (Å²) in [5.74, 6) is 0.957. The Balaban J connectivity index is 1.58. The quantitative estimate of drug-likeness (QED) is 0.299. The van der Waals surface area contributed by atoms with E-state index in [2.05, 4.69) is 50.4 Å². The smallest absolute Gasteiger partial charge is 0.409 e. The zero-order chi connectivity index (χ0) is 24.0. The highest BCUT2D eigenvalue weighted by atomic mass is 32.2. The molecule has 35 heavy (non-hydrogen) atoms. The molecule has 0 spiro atoms. The summed E-state index contributed by atoms with van der Waals surface area (Å²) in [7, 11) is 0. The Morgan fingerprint density at radius 1 is 0.886 bits per heavy atom. The Morgan fingerprint density at radius 2 is 1.51 bits per heavy atom. The molecule has 1 amide bonds. The number of para-hydroxylation sites is 2. The molecule has 0 bridgehead atoms. The molecule has 1 fully saturated rings. The summed E-state index contributed by atoms with van der Waals surface area (Å²) in [6.07, 6.45) is 6.29. The molecular formula is C27H25N5O2S. The van der Waals surface area contributed by atoms with E-state index in [1.165, 1.54) is 18.0 Å². The molecule has 0 atom stereocenters. The molecule has 1 saturated heterocycles. The number of carboxylic acid groups (broad SMARTS) is 1. The van der Waals surface area contributed by atoms with Crippen LogP contribution in [-0.4, -0.2) is 34.3 Å². The third-order valence-corrected chi connectivity index (χ3v) is 6.62. The minimum Gasteiger partial charge on any atom is -0.465 e. The number of nitrogens with one attached hydrogen (secondary N) is 1. The monoisotopic (exact) mass is 483 g/mol. The van der Waals surface area contributed by atoms with Crippen LogP contribution in [0.3, 0.4) is 0 Å². The number of nitrogens with zero attached hydrogens (tertiary/aromatic N) is 4. The van der Waals surface area contributed by atoms with Crippen LogP contribution in [0, 0.1) is 0 Å². The molecule has 7 nitrogen and oxygen atoms in total. The first-order chi connectivity index (χ1) is 17.2. The van der Waals surface area contributed by atoms with E-state index in [-0.39, 0.29) is 0 Å². The maximum atomic E-state index is 11.0. The van der Waals surface area contributed by atoms with Gasteiger partial charge in [-0.1, -0.05) is 48.2 Å². The lowest BCUT2D eigenvalue weighted by Gasteiger charge is -2.30. The highest BCUT2D eigenvalue weighted by Crippen LogP contribution is 2.42. The number of hydrogen-bond donors (Lipinski definition) is 2. The molecule has 2 aromatic carbocycles. The van der Waals surface area contributed by atoms with E-state index >= 15 is 0 Å². The largest absolute Gasteiger partial charge is 0.465 e. The summed E-state index contributed by atoms with van der Waals surface area (Å²) in [5.41, 5.74) is 3.54. The maximum absolute atomic E-state index is 11.0. The fourth-order valence-electron chi connectivity index (χ4n) is 4.20. The van der Waals surface area contributed by atoms with E-state index in [4.69, 9.17) is 10.1 Å². The van der Waals surface area contributed by atoms with Crippen LogP contribution in [0.25, 0.3) is 0 Å². The molecule has 1 aliphatic rings. The van der Waals surface area contributed by atoms with Gasteiger partial charge in [0.15, 0.2) is 5.82 Å². The van der Waals surface area contributed by atoms with Gasteiger partial charge in [-0.2, -0.15) is 0 Å². The second-order valence-corrected chi connectivity index (χ2v) is 9.30. The maximum Gasteiger partial charge on any atom is 0.409 e. The Hall–Kier alpha value is -4.04. The van der Waals surface area contributed by atoms with Gasteiger partial charge in [0.1, 0.15) is 0 Å². The summed E-state index contributed by atoms with van der Waals surface area (Å²) in [4.78, 5) is 26.5. The number of amides is 1. The third-order valence-electron chi connectivity index (χ3n) is 5.70. The van der Waals surface area contributed by atoms with Crippen LogP contribution >= 0.6 is 11.8 Å². The van der Waals surface area contributed by atoms with Gasteiger partial charge in [-0.25, -0.2) is 9.78 Å². The van der Waals surface area contributed by atoms with Gasteiger partial charge < -0.3 is 14.9 Å². The predicted octanol–water partition coefficient (Wildman–Crippen LogP) is 6.79. The van der Waals surface area contributed by atoms with Gasteiger partial charge in [0.2, 0.25) is 0 Å². The SMILES string of the molecule is O=C(O)Nc1cncc(Sc2cnc(N3CCCC3)c(N(c3ccccc3)c3ccccc3)c2)c1. The van der Waals surface area contributed by atoms with Gasteiger partial charge in [0, 0.05) is 46.6 Å². The average Bonchev–Trinajstić information content (AvgIpc) is 3.41. The Kier molecular flexibility index (Phi) is 6.81. The van der Waals surface area contributed by atoms with Crippen molar-refractivity contribution in [2.75, 3.05) is 28.2 Å². The van der Waals surface area contributed by atoms with Crippen molar-refractivity contribution >= 4 is 46.4 Å². The van der Waals surface area contributed by atoms with Gasteiger partial charge in [-0.05, 0) is 49.2 Å². The topological polar surface area (TPSA) is 81.6 Å². The second kappa shape index (κ2) is 10.5. The molecule has 0 unspecified atom stereocenters. The zero-order valence-electron chi connectivity index (χ0n) is 19.0. The van der Waals surface area contributed by atoms with Crippen LogP contribution in [-0.2, 0) is 0 Å². The fourth-order valence-corrected chi connectivity index (χ4v) is 5.05. The molecule has 2 aromatic heterocycles. The number of carbonyl (C=O) groups is 1. The molecule has 0 aliphatic carbocycles. The van der Waals surface area contributed by atoms with Crippen molar-refractivity contribution in [1.82, 2.24) is 9.97 Å². The zero-order valence-corrected chi connectivity index (χ0v) is 19.9. The minimum atomic E-state index is -1.12. The van der Waals surface area contributed by atoms with Crippen LogP contribution in [0.4, 0.5) is 33.4 Å². The van der Waals surface area contributed by atoms with Crippen molar-refractivity contribution in [2.24, 2.45) is 0 Å². The van der Waals surface area contributed by atoms with E-state index in [1.54, 1.807) is 12.3 Å². The predicted molar refractivity (Wildman–Crippen MR) is 140 cm³/mol. The molecule has 2 N–H and O–H groups in total. The van der Waals surface area contributed by atoms with Gasteiger partial charge >= 0.3 is 6.09 Å². The summed E-state index contributed by atoms with van der Waals surface area (Å²) in [6, 6.07) is 24.5. The number of hydrogen-bond acceptors (Lipinski definition) is 6. The minimum absolute atomic E-state index is 0.430. The van der Waals surface area contributed by atoms with Crippen molar-refractivity contribution in [1.29, 1.82) is 0 Å². The van der Waals surface area contributed by atoms with Crippen molar-refractivity contribution < 1.29 is 9.90 Å². The summed E-state index contributed by atoms with van der Waals surface area (Å²) in [6.45, 7) is 1.97. The lowest BCUT2D eigenvalue weighted by molar-refractivity contribution is 0.209. The molecule has 176 valence electrons. The standard InChI is InChI=1S/C27H25N5O2S/c33-27(34)30-20-15-23(18-28-17-20)35-24-16-25(26(29-19-24)31-13-7-8-14-31)32(21-9-3-1-4-10-21)22-11-5-2-6-12-22/h1-6,9-12,15-19,30H,7-8,13-14H2,(H,33,34). The Labute approximate surface area is 208 Å². The Bertz CT molecular complexity index is 1260. The normalized spacial score (nSPS) is 13.0. The lowest BCUT2D eigenvalue weighted by Crippen LogP contribution is -2.22. The van der Waals surface area contributed by atoms with Gasteiger partial charge in [-0.15, -0.1) is 0 Å². The highest BCUT2D eigenvalue weighted by molar-refractivity contribution is 7.99. The van der Waals surface area contributed by atoms with Gasteiger partial charge in [-0.3, -0.25) is 10.3 Å². The molecule has 4 aromatic rings. The first kappa shape index (κ1) is 22.7. The average molecular weight is 484 g/mol. The number of benzene rings is 2. The molecule has 0 saturated carbocycles. The van der Waals surface area contributed by atoms with Crippen LogP contribution < -0.4 is 15.1 Å². The number of anilines is 5. The molecule has 5 rings (SSSR count). The first-order valence-corrected chi connectivity index (χ1v) is 12.3. The van der Waals surface area contributed by atoms with Crippen molar-refractivity contribution in [2.45, 2.75) is 22.6 Å². The van der Waals surface area contributed by atoms with Gasteiger partial charge in [0.25, 0.3) is 0 Å². The number of aromatic nitrogens is 2. The number of pyridine rings is 2. The van der Waals surface area contributed by atoms with Crippen LogP contribution in [0.15, 0.2) is 101 Å². The fraction of sp³-hybridized carbons (Fsp3) is 0.148. The van der Waals surface area contributed by atoms with Crippen molar-refractivity contribution in [3.8, 4) is 0 Å². The van der Waals surface area contributed by atoms with E-state index in [9.17, 15) is 4.79 Å². The van der Waals surface area contributed by atoms with Crippen molar-refractivity contribution in [3.05, 3.63) is 91.4 Å². The molecule has 1 aliphatic heterocycles. The van der Waals surface area contributed by atoms with Crippen LogP contribution in [0.2, 0.25) is 0 Å². The van der Waals surface area contributed by atoms with Crippen LogP contribution in [0.5, 0.6) is 0 Å². The van der Waals surface area contributed by atoms with E-state index in [0.717, 1.165) is 58.6 Å². The first-order valence-electron chi connectivity index (χ1n) is 11.5. The molecule has 8 heteroatoms. The van der Waals surface area contributed by atoms with Gasteiger partial charge in [0.05, 0.1) is 17.6 Å². The second-order valence-electron chi connectivity index (χ2n) is 8.16. The molecular weight excluding hydrogens is 458 g/mol. The van der Waals surface area contributed by atoms with E-state index in [0.29, 0.717) is 5.69 Å².